The lowest BCUT2D eigenvalue weighted by molar-refractivity contribution is 0.174. The molecule has 2 aromatic heterocycles. The predicted molar refractivity (Wildman–Crippen MR) is 91.8 cm³/mol. The third kappa shape index (κ3) is 2.23. The molecule has 128 valence electrons. The molecule has 0 radical (unpaired) electrons. The Hall–Kier alpha value is -2.80. The van der Waals surface area contributed by atoms with Crippen molar-refractivity contribution in [3.05, 3.63) is 41.3 Å². The molecule has 0 saturated heterocycles. The molecule has 0 fully saturated rings. The van der Waals surface area contributed by atoms with Gasteiger partial charge in [0, 0.05) is 34.9 Å². The molecule has 7 heteroatoms. The SMILES string of the molecule is Cc1cc(N2Cc3cnn(CCO)c3C2)c2cc3c(cc2n1)OCO3. The zero-order valence-electron chi connectivity index (χ0n) is 13.9. The van der Waals surface area contributed by atoms with Crippen molar-refractivity contribution in [2.24, 2.45) is 0 Å². The van der Waals surface area contributed by atoms with Crippen molar-refractivity contribution < 1.29 is 14.6 Å². The molecule has 5 rings (SSSR count). The van der Waals surface area contributed by atoms with Gasteiger partial charge in [-0.2, -0.15) is 5.10 Å². The fourth-order valence-corrected chi connectivity index (χ4v) is 3.65. The second-order valence-corrected chi connectivity index (χ2v) is 6.42. The molecule has 0 bridgehead atoms. The van der Waals surface area contributed by atoms with Crippen molar-refractivity contribution in [3.63, 3.8) is 0 Å². The number of aryl methyl sites for hydroxylation is 1. The molecule has 25 heavy (non-hydrogen) atoms. The number of ether oxygens (including phenoxy) is 2. The van der Waals surface area contributed by atoms with Crippen LogP contribution < -0.4 is 14.4 Å². The van der Waals surface area contributed by atoms with Gasteiger partial charge in [-0.1, -0.05) is 0 Å². The minimum absolute atomic E-state index is 0.0922. The maximum Gasteiger partial charge on any atom is 0.231 e. The fourth-order valence-electron chi connectivity index (χ4n) is 3.65. The second kappa shape index (κ2) is 5.35. The van der Waals surface area contributed by atoms with Crippen molar-refractivity contribution >= 4 is 16.6 Å². The van der Waals surface area contributed by atoms with E-state index in [-0.39, 0.29) is 13.4 Å². The maximum atomic E-state index is 9.21. The van der Waals surface area contributed by atoms with Crippen LogP contribution in [0.15, 0.2) is 24.4 Å². The van der Waals surface area contributed by atoms with Gasteiger partial charge in [0.25, 0.3) is 0 Å². The van der Waals surface area contributed by atoms with Gasteiger partial charge in [-0.05, 0) is 19.1 Å². The minimum atomic E-state index is 0.0922. The number of aromatic nitrogens is 3. The molecule has 0 unspecified atom stereocenters. The van der Waals surface area contributed by atoms with Crippen LogP contribution in [0.5, 0.6) is 11.5 Å². The molecular formula is C18H18N4O3. The van der Waals surface area contributed by atoms with Gasteiger partial charge in [-0.25, -0.2) is 0 Å². The van der Waals surface area contributed by atoms with Gasteiger partial charge < -0.3 is 19.5 Å². The highest BCUT2D eigenvalue weighted by molar-refractivity contribution is 5.94. The number of anilines is 1. The Morgan fingerprint density at radius 2 is 2.00 bits per heavy atom. The van der Waals surface area contributed by atoms with E-state index >= 15 is 0 Å². The molecule has 3 aromatic rings. The van der Waals surface area contributed by atoms with Crippen LogP contribution in [0.1, 0.15) is 17.0 Å². The summed E-state index contributed by atoms with van der Waals surface area (Å²) in [6.07, 6.45) is 1.90. The Morgan fingerprint density at radius 1 is 1.16 bits per heavy atom. The third-order valence-electron chi connectivity index (χ3n) is 4.80. The summed E-state index contributed by atoms with van der Waals surface area (Å²) in [5.41, 5.74) is 5.38. The molecular weight excluding hydrogens is 320 g/mol. The largest absolute Gasteiger partial charge is 0.454 e. The summed E-state index contributed by atoms with van der Waals surface area (Å²) >= 11 is 0. The Balaban J connectivity index is 1.59. The van der Waals surface area contributed by atoms with Gasteiger partial charge in [0.1, 0.15) is 0 Å². The van der Waals surface area contributed by atoms with E-state index in [0.717, 1.165) is 52.6 Å². The van der Waals surface area contributed by atoms with E-state index in [1.807, 2.05) is 29.9 Å². The van der Waals surface area contributed by atoms with E-state index < -0.39 is 0 Å². The molecule has 1 N–H and O–H groups in total. The molecule has 4 heterocycles. The first-order chi connectivity index (χ1) is 12.2. The van der Waals surface area contributed by atoms with Gasteiger partial charge in [-0.15, -0.1) is 0 Å². The van der Waals surface area contributed by atoms with Gasteiger partial charge in [0.2, 0.25) is 6.79 Å². The summed E-state index contributed by atoms with van der Waals surface area (Å²) < 4.78 is 12.9. The van der Waals surface area contributed by atoms with E-state index in [1.165, 1.54) is 5.56 Å². The fraction of sp³-hybridized carbons (Fsp3) is 0.333. The Labute approximate surface area is 144 Å². The first kappa shape index (κ1) is 14.5. The van der Waals surface area contributed by atoms with Crippen LogP contribution in [0.2, 0.25) is 0 Å². The number of nitrogens with zero attached hydrogens (tertiary/aromatic N) is 4. The first-order valence-corrected chi connectivity index (χ1v) is 8.33. The van der Waals surface area contributed by atoms with Crippen molar-refractivity contribution in [1.29, 1.82) is 0 Å². The number of hydrogen-bond donors (Lipinski definition) is 1. The van der Waals surface area contributed by atoms with Crippen LogP contribution in [0.4, 0.5) is 5.69 Å². The van der Waals surface area contributed by atoms with Gasteiger partial charge in [0.15, 0.2) is 11.5 Å². The number of fused-ring (bicyclic) bond motifs is 3. The highest BCUT2D eigenvalue weighted by atomic mass is 16.7. The monoisotopic (exact) mass is 338 g/mol. The quantitative estimate of drug-likeness (QED) is 0.787. The van der Waals surface area contributed by atoms with Crippen molar-refractivity contribution in [3.8, 4) is 11.5 Å². The van der Waals surface area contributed by atoms with Crippen molar-refractivity contribution in [2.45, 2.75) is 26.6 Å². The van der Waals surface area contributed by atoms with E-state index in [4.69, 9.17) is 9.47 Å². The van der Waals surface area contributed by atoms with Crippen LogP contribution in [-0.2, 0) is 19.6 Å². The zero-order chi connectivity index (χ0) is 17.0. The lowest BCUT2D eigenvalue weighted by atomic mass is 10.1. The molecule has 0 atom stereocenters. The van der Waals surface area contributed by atoms with Gasteiger partial charge in [-0.3, -0.25) is 9.67 Å². The van der Waals surface area contributed by atoms with E-state index in [0.29, 0.717) is 6.54 Å². The number of benzene rings is 1. The molecule has 7 nitrogen and oxygen atoms in total. The summed E-state index contributed by atoms with van der Waals surface area (Å²) in [7, 11) is 0. The first-order valence-electron chi connectivity index (χ1n) is 8.33. The summed E-state index contributed by atoms with van der Waals surface area (Å²) in [5.74, 6) is 1.52. The normalized spacial score (nSPS) is 15.2. The summed E-state index contributed by atoms with van der Waals surface area (Å²) in [6, 6.07) is 6.08. The van der Waals surface area contributed by atoms with Crippen molar-refractivity contribution in [1.82, 2.24) is 14.8 Å². The summed E-state index contributed by atoms with van der Waals surface area (Å²) in [6.45, 7) is 4.44. The topological polar surface area (TPSA) is 72.6 Å². The van der Waals surface area contributed by atoms with Gasteiger partial charge in [0.05, 0.1) is 37.1 Å². The highest BCUT2D eigenvalue weighted by Crippen LogP contribution is 2.40. The highest BCUT2D eigenvalue weighted by Gasteiger charge is 2.26. The lowest BCUT2D eigenvalue weighted by Gasteiger charge is -2.21. The van der Waals surface area contributed by atoms with E-state index in [2.05, 4.69) is 21.0 Å². The second-order valence-electron chi connectivity index (χ2n) is 6.42. The Kier molecular flexibility index (Phi) is 3.11. The Morgan fingerprint density at radius 3 is 2.84 bits per heavy atom. The Bertz CT molecular complexity index is 982. The molecule has 0 aliphatic carbocycles. The standard InChI is InChI=1S/C18H18N4O3/c1-11-4-15(13-5-17-18(25-10-24-17)6-14(13)20-11)21-8-12-7-19-22(2-3-23)16(12)9-21/h4-7,23H,2-3,8-10H2,1H3. The summed E-state index contributed by atoms with van der Waals surface area (Å²) in [4.78, 5) is 6.98. The van der Waals surface area contributed by atoms with E-state index in [1.54, 1.807) is 0 Å². The molecule has 2 aliphatic rings. The molecule has 2 aliphatic heterocycles. The van der Waals surface area contributed by atoms with Crippen LogP contribution >= 0.6 is 0 Å². The minimum Gasteiger partial charge on any atom is -0.454 e. The smallest absolute Gasteiger partial charge is 0.231 e. The molecule has 1 aromatic carbocycles. The lowest BCUT2D eigenvalue weighted by Crippen LogP contribution is -2.18. The number of aliphatic hydroxyl groups excluding tert-OH is 1. The average Bonchev–Trinajstić information content (AvgIpc) is 3.29. The number of aliphatic hydroxyl groups is 1. The third-order valence-corrected chi connectivity index (χ3v) is 4.80. The van der Waals surface area contributed by atoms with Crippen LogP contribution in [0, 0.1) is 6.92 Å². The predicted octanol–water partition coefficient (Wildman–Crippen LogP) is 1.98. The number of hydrogen-bond acceptors (Lipinski definition) is 6. The van der Waals surface area contributed by atoms with Crippen LogP contribution in [0.25, 0.3) is 10.9 Å². The average molecular weight is 338 g/mol. The van der Waals surface area contributed by atoms with Crippen LogP contribution in [0.3, 0.4) is 0 Å². The number of pyridine rings is 1. The van der Waals surface area contributed by atoms with E-state index in [9.17, 15) is 5.11 Å². The zero-order valence-corrected chi connectivity index (χ0v) is 13.9. The summed E-state index contributed by atoms with van der Waals surface area (Å²) in [5, 5.41) is 14.6. The molecule has 0 saturated carbocycles. The van der Waals surface area contributed by atoms with Gasteiger partial charge >= 0.3 is 0 Å². The van der Waals surface area contributed by atoms with Crippen LogP contribution in [-0.4, -0.2) is 33.3 Å². The van der Waals surface area contributed by atoms with Crippen molar-refractivity contribution in [2.75, 3.05) is 18.3 Å². The molecule has 0 amide bonds. The molecule has 0 spiro atoms. The maximum absolute atomic E-state index is 9.21. The number of rotatable bonds is 3.